The molecular formula is C19H35ClN4O3. The van der Waals surface area contributed by atoms with Gasteiger partial charge >= 0.3 is 18.0 Å². The molecule has 0 bridgehead atoms. The van der Waals surface area contributed by atoms with Crippen LogP contribution in [0.5, 0.6) is 12.0 Å². The van der Waals surface area contributed by atoms with E-state index in [4.69, 9.17) is 14.2 Å². The summed E-state index contributed by atoms with van der Waals surface area (Å²) in [7, 11) is 0. The van der Waals surface area contributed by atoms with Crippen molar-refractivity contribution in [3.8, 4) is 12.0 Å². The molecule has 0 amide bonds. The molecule has 0 unspecified atom stereocenters. The van der Waals surface area contributed by atoms with Crippen LogP contribution in [-0.4, -0.2) is 61.0 Å². The van der Waals surface area contributed by atoms with E-state index in [1.54, 1.807) is 0 Å². The highest BCUT2D eigenvalue weighted by Crippen LogP contribution is 2.26. The van der Waals surface area contributed by atoms with Crippen molar-refractivity contribution in [3.05, 3.63) is 0 Å². The van der Waals surface area contributed by atoms with Gasteiger partial charge in [0.15, 0.2) is 0 Å². The third kappa shape index (κ3) is 7.39. The van der Waals surface area contributed by atoms with E-state index in [2.05, 4.69) is 42.6 Å². The number of aromatic nitrogens is 3. The third-order valence-electron chi connectivity index (χ3n) is 4.51. The number of ether oxygens (including phenoxy) is 3. The predicted octanol–water partition coefficient (Wildman–Crippen LogP) is 0.227. The molecule has 1 aromatic rings. The molecule has 1 aromatic heterocycles. The lowest BCUT2D eigenvalue weighted by molar-refractivity contribution is -0.00000999. The van der Waals surface area contributed by atoms with Crippen LogP contribution in [0.1, 0.15) is 53.4 Å². The van der Waals surface area contributed by atoms with Crippen molar-refractivity contribution in [1.29, 1.82) is 0 Å². The van der Waals surface area contributed by atoms with Gasteiger partial charge < -0.3 is 26.6 Å². The Morgan fingerprint density at radius 2 is 1.44 bits per heavy atom. The lowest BCUT2D eigenvalue weighted by Gasteiger charge is -2.39. The van der Waals surface area contributed by atoms with E-state index < -0.39 is 0 Å². The molecule has 2 rings (SSSR count). The van der Waals surface area contributed by atoms with Crippen LogP contribution in [0.3, 0.4) is 0 Å². The van der Waals surface area contributed by atoms with E-state index in [0.717, 1.165) is 64.5 Å². The number of nitrogens with zero attached hydrogens (tertiary/aromatic N) is 4. The highest BCUT2D eigenvalue weighted by atomic mass is 35.5. The molecule has 0 N–H and O–H groups in total. The van der Waals surface area contributed by atoms with Crippen LogP contribution in [-0.2, 0) is 4.74 Å². The Morgan fingerprint density at radius 3 is 1.89 bits per heavy atom. The van der Waals surface area contributed by atoms with Gasteiger partial charge in [-0.2, -0.15) is 0 Å². The summed E-state index contributed by atoms with van der Waals surface area (Å²) >= 11 is 0. The minimum absolute atomic E-state index is 0. The van der Waals surface area contributed by atoms with Gasteiger partial charge in [0.2, 0.25) is 0 Å². The number of morpholine rings is 1. The highest BCUT2D eigenvalue weighted by Gasteiger charge is 2.38. The summed E-state index contributed by atoms with van der Waals surface area (Å²) < 4.78 is 17.9. The monoisotopic (exact) mass is 402 g/mol. The van der Waals surface area contributed by atoms with Crippen molar-refractivity contribution < 1.29 is 26.6 Å². The molecule has 0 atom stereocenters. The van der Waals surface area contributed by atoms with E-state index in [-0.39, 0.29) is 12.4 Å². The van der Waals surface area contributed by atoms with Crippen molar-refractivity contribution >= 4 is 5.95 Å². The maximum Gasteiger partial charge on any atom is 0.338 e. The number of unbranched alkanes of at least 4 members (excludes halogenated alkanes) is 2. The molecular weight excluding hydrogens is 368 g/mol. The number of rotatable bonds is 11. The molecule has 0 radical (unpaired) electrons. The van der Waals surface area contributed by atoms with Crippen LogP contribution in [0.25, 0.3) is 0 Å². The summed E-state index contributed by atoms with van der Waals surface area (Å²) in [6.07, 6.45) is 4.10. The van der Waals surface area contributed by atoms with E-state index in [9.17, 15) is 0 Å². The second kappa shape index (κ2) is 12.3. The van der Waals surface area contributed by atoms with Gasteiger partial charge in [0.25, 0.3) is 0 Å². The third-order valence-corrected chi connectivity index (χ3v) is 4.51. The smallest absolute Gasteiger partial charge is 0.338 e. The molecule has 2 heterocycles. The maximum atomic E-state index is 5.79. The van der Waals surface area contributed by atoms with Crippen LogP contribution >= 0.6 is 0 Å². The van der Waals surface area contributed by atoms with E-state index in [1.807, 2.05) is 0 Å². The molecule has 1 fully saturated rings. The average Bonchev–Trinajstić information content (AvgIpc) is 2.62. The predicted molar refractivity (Wildman–Crippen MR) is 103 cm³/mol. The molecule has 0 spiro atoms. The summed E-state index contributed by atoms with van der Waals surface area (Å²) in [6.45, 7) is 14.1. The van der Waals surface area contributed by atoms with Crippen molar-refractivity contribution in [2.45, 2.75) is 53.4 Å². The van der Waals surface area contributed by atoms with Crippen LogP contribution in [0.2, 0.25) is 0 Å². The van der Waals surface area contributed by atoms with Gasteiger partial charge in [-0.1, -0.05) is 40.5 Å². The molecule has 27 heavy (non-hydrogen) atoms. The van der Waals surface area contributed by atoms with Gasteiger partial charge in [0, 0.05) is 5.92 Å². The molecule has 156 valence electrons. The Hall–Kier alpha value is -1.18. The van der Waals surface area contributed by atoms with Crippen molar-refractivity contribution in [1.82, 2.24) is 19.4 Å². The molecule has 1 aliphatic heterocycles. The Morgan fingerprint density at radius 1 is 0.926 bits per heavy atom. The fourth-order valence-electron chi connectivity index (χ4n) is 3.14. The summed E-state index contributed by atoms with van der Waals surface area (Å²) in [6, 6.07) is 0.755. The Kier molecular flexibility index (Phi) is 10.9. The minimum Gasteiger partial charge on any atom is -1.00 e. The first kappa shape index (κ1) is 23.9. The Labute approximate surface area is 169 Å². The van der Waals surface area contributed by atoms with Crippen LogP contribution in [0, 0.1) is 5.92 Å². The van der Waals surface area contributed by atoms with Crippen molar-refractivity contribution in [2.24, 2.45) is 5.92 Å². The van der Waals surface area contributed by atoms with Gasteiger partial charge in [-0.25, -0.2) is 0 Å². The lowest BCUT2D eigenvalue weighted by Crippen LogP contribution is -3.00. The molecule has 1 aliphatic rings. The normalized spacial score (nSPS) is 16.0. The summed E-state index contributed by atoms with van der Waals surface area (Å²) in [5.74, 6) is 1.27. The van der Waals surface area contributed by atoms with Gasteiger partial charge in [0.05, 0.1) is 33.0 Å². The van der Waals surface area contributed by atoms with E-state index >= 15 is 0 Å². The summed E-state index contributed by atoms with van der Waals surface area (Å²) in [5, 5.41) is 0. The summed E-state index contributed by atoms with van der Waals surface area (Å²) in [4.78, 5) is 13.7. The van der Waals surface area contributed by atoms with Crippen molar-refractivity contribution in [3.63, 3.8) is 0 Å². The zero-order valence-corrected chi connectivity index (χ0v) is 18.0. The fourth-order valence-corrected chi connectivity index (χ4v) is 3.14. The molecule has 0 saturated carbocycles. The second-order valence-electron chi connectivity index (χ2n) is 7.39. The first-order valence-electron chi connectivity index (χ1n) is 10.1. The maximum absolute atomic E-state index is 5.79. The molecule has 8 heteroatoms. The largest absolute Gasteiger partial charge is 1.00 e. The van der Waals surface area contributed by atoms with E-state index in [0.29, 0.717) is 35.6 Å². The number of hydrogen-bond acceptors (Lipinski definition) is 6. The molecule has 0 aliphatic carbocycles. The molecule has 7 nitrogen and oxygen atoms in total. The van der Waals surface area contributed by atoms with Gasteiger partial charge in [-0.15, -0.1) is 15.0 Å². The quantitative estimate of drug-likeness (QED) is 0.390. The van der Waals surface area contributed by atoms with Gasteiger partial charge in [0.1, 0.15) is 13.1 Å². The zero-order valence-electron chi connectivity index (χ0n) is 17.2. The number of hydrogen-bond donors (Lipinski definition) is 0. The van der Waals surface area contributed by atoms with Crippen LogP contribution < -0.4 is 26.4 Å². The number of halogens is 1. The highest BCUT2D eigenvalue weighted by molar-refractivity contribution is 5.29. The first-order valence-corrected chi connectivity index (χ1v) is 10.1. The molecule has 1 saturated heterocycles. The van der Waals surface area contributed by atoms with Crippen LogP contribution in [0.15, 0.2) is 0 Å². The Balaban J connectivity index is 0.00000364. The van der Waals surface area contributed by atoms with Gasteiger partial charge in [-0.05, 0) is 12.8 Å². The fraction of sp³-hybridized carbons (Fsp3) is 0.842. The van der Waals surface area contributed by atoms with Crippen LogP contribution in [0.4, 0.5) is 5.95 Å². The first-order chi connectivity index (χ1) is 12.6. The average molecular weight is 403 g/mol. The van der Waals surface area contributed by atoms with E-state index in [1.165, 1.54) is 0 Å². The molecule has 0 aromatic carbocycles. The standard InChI is InChI=1S/C19H35N4O3.ClH/c1-5-7-11-25-18-20-17(21-19(22-18)26-12-8-6-2)23(15-16(3)4)9-13-24-14-10-23;/h16H,5-15H2,1-4H3;1H/q+1;/p-1. The Bertz CT molecular complexity index is 511. The van der Waals surface area contributed by atoms with Gasteiger partial charge in [-0.3, -0.25) is 4.48 Å². The SMILES string of the molecule is CCCCOc1nc(OCCCC)nc([N+]2(CC(C)C)CCOCC2)n1.[Cl-]. The second-order valence-corrected chi connectivity index (χ2v) is 7.39. The van der Waals surface area contributed by atoms with Crippen molar-refractivity contribution in [2.75, 3.05) is 46.1 Å². The lowest BCUT2D eigenvalue weighted by atomic mass is 10.1. The topological polar surface area (TPSA) is 66.4 Å². The number of quaternary nitrogens is 1. The minimum atomic E-state index is 0. The summed E-state index contributed by atoms with van der Waals surface area (Å²) in [5.41, 5.74) is 0. The zero-order chi connectivity index (χ0) is 18.8.